The van der Waals surface area contributed by atoms with Crippen LogP contribution in [0.3, 0.4) is 0 Å². The van der Waals surface area contributed by atoms with Gasteiger partial charge in [-0.25, -0.2) is 0 Å². The highest BCUT2D eigenvalue weighted by Crippen LogP contribution is 2.49. The lowest BCUT2D eigenvalue weighted by atomic mass is 9.74. The number of carbonyl (C=O) groups is 2. The van der Waals surface area contributed by atoms with E-state index >= 15 is 0 Å². The smallest absolute Gasteiger partial charge is 0.253 e. The van der Waals surface area contributed by atoms with Gasteiger partial charge in [0.15, 0.2) is 0 Å². The molecule has 3 heterocycles. The third-order valence-electron chi connectivity index (χ3n) is 7.15. The first-order chi connectivity index (χ1) is 13.9. The minimum atomic E-state index is -0.0843. The highest BCUT2D eigenvalue weighted by atomic mass is 35.5. The van der Waals surface area contributed by atoms with Gasteiger partial charge in [-0.15, -0.1) is 0 Å². The van der Waals surface area contributed by atoms with Gasteiger partial charge in [-0.3, -0.25) is 9.59 Å². The number of hydrogen-bond acceptors (Lipinski definition) is 3. The molecule has 3 fully saturated rings. The van der Waals surface area contributed by atoms with E-state index in [1.165, 1.54) is 0 Å². The summed E-state index contributed by atoms with van der Waals surface area (Å²) in [6, 6.07) is 7.12. The zero-order valence-electron chi connectivity index (χ0n) is 17.7. The van der Waals surface area contributed by atoms with Crippen LogP contribution in [0.25, 0.3) is 0 Å². The maximum absolute atomic E-state index is 13.2. The van der Waals surface area contributed by atoms with Gasteiger partial charge in [-0.1, -0.05) is 25.4 Å². The molecular formula is C23H32ClN3O2. The molecule has 29 heavy (non-hydrogen) atoms. The average Bonchev–Trinajstić information content (AvgIpc) is 3.20. The highest BCUT2D eigenvalue weighted by Gasteiger charge is 2.61. The summed E-state index contributed by atoms with van der Waals surface area (Å²) in [5.41, 5.74) is 0.598. The summed E-state index contributed by atoms with van der Waals surface area (Å²) in [6.45, 7) is 11.7. The van der Waals surface area contributed by atoms with E-state index in [0.29, 0.717) is 41.4 Å². The summed E-state index contributed by atoms with van der Waals surface area (Å²) < 4.78 is 0. The minimum Gasteiger partial charge on any atom is -0.338 e. The van der Waals surface area contributed by atoms with E-state index in [1.807, 2.05) is 4.90 Å². The monoisotopic (exact) mass is 417 g/mol. The van der Waals surface area contributed by atoms with Crippen LogP contribution in [0.4, 0.5) is 0 Å². The lowest BCUT2D eigenvalue weighted by Crippen LogP contribution is -2.57. The van der Waals surface area contributed by atoms with E-state index < -0.39 is 0 Å². The number of halogens is 1. The Labute approximate surface area is 179 Å². The molecule has 3 aliphatic rings. The van der Waals surface area contributed by atoms with Crippen molar-refractivity contribution >= 4 is 23.4 Å². The molecular weight excluding hydrogens is 386 g/mol. The van der Waals surface area contributed by atoms with Crippen LogP contribution in [-0.2, 0) is 4.79 Å². The molecule has 4 rings (SSSR count). The Hall–Kier alpha value is -1.59. The first kappa shape index (κ1) is 20.7. The fourth-order valence-corrected chi connectivity index (χ4v) is 6.07. The molecule has 3 saturated heterocycles. The van der Waals surface area contributed by atoms with Gasteiger partial charge in [-0.2, -0.15) is 0 Å². The molecule has 2 atom stereocenters. The van der Waals surface area contributed by atoms with Gasteiger partial charge >= 0.3 is 0 Å². The number of nitrogens with zero attached hydrogens (tertiary/aromatic N) is 3. The summed E-state index contributed by atoms with van der Waals surface area (Å²) in [5, 5.41) is 0.639. The molecule has 0 bridgehead atoms. The predicted molar refractivity (Wildman–Crippen MR) is 115 cm³/mol. The van der Waals surface area contributed by atoms with Gasteiger partial charge in [0, 0.05) is 55.8 Å². The third kappa shape index (κ3) is 3.57. The lowest BCUT2D eigenvalue weighted by molar-refractivity contribution is -0.135. The molecule has 1 spiro atoms. The Balaban J connectivity index is 1.50. The highest BCUT2D eigenvalue weighted by molar-refractivity contribution is 6.30. The summed E-state index contributed by atoms with van der Waals surface area (Å²) in [4.78, 5) is 32.7. The molecule has 3 aliphatic heterocycles. The first-order valence-corrected chi connectivity index (χ1v) is 11.3. The molecule has 1 aromatic carbocycles. The van der Waals surface area contributed by atoms with Gasteiger partial charge in [0.2, 0.25) is 5.91 Å². The van der Waals surface area contributed by atoms with Crippen LogP contribution in [0.2, 0.25) is 5.02 Å². The van der Waals surface area contributed by atoms with Crippen molar-refractivity contribution in [2.45, 2.75) is 39.2 Å². The van der Waals surface area contributed by atoms with E-state index in [1.54, 1.807) is 24.3 Å². The van der Waals surface area contributed by atoms with Crippen LogP contribution >= 0.6 is 11.6 Å². The van der Waals surface area contributed by atoms with Crippen molar-refractivity contribution in [3.05, 3.63) is 34.9 Å². The summed E-state index contributed by atoms with van der Waals surface area (Å²) in [7, 11) is 0. The van der Waals surface area contributed by atoms with Gasteiger partial charge in [0.25, 0.3) is 5.91 Å². The maximum Gasteiger partial charge on any atom is 0.253 e. The minimum absolute atomic E-state index is 0.0632. The Morgan fingerprint density at radius 1 is 1.17 bits per heavy atom. The summed E-state index contributed by atoms with van der Waals surface area (Å²) in [5.74, 6) is 1.53. The Morgan fingerprint density at radius 3 is 2.41 bits per heavy atom. The standard InChI is InChI=1S/C23H32ClN3O2/c1-4-27-22(29)19-14-25(13-16(2)3)15-20(19)23(27)9-11-26(12-10-23)21(28)17-5-7-18(24)8-6-17/h5-8,16,19-20H,4,9-15H2,1-3H3/t19-,20+/m0/s1. The number of fused-ring (bicyclic) bond motifs is 2. The molecule has 0 aliphatic carbocycles. The first-order valence-electron chi connectivity index (χ1n) is 10.9. The number of carbonyl (C=O) groups excluding carboxylic acids is 2. The van der Waals surface area contributed by atoms with Gasteiger partial charge in [0.05, 0.1) is 11.5 Å². The van der Waals surface area contributed by atoms with Crippen LogP contribution in [0.5, 0.6) is 0 Å². The van der Waals surface area contributed by atoms with Crippen molar-refractivity contribution in [2.24, 2.45) is 17.8 Å². The van der Waals surface area contributed by atoms with Crippen LogP contribution in [-0.4, -0.2) is 71.3 Å². The van der Waals surface area contributed by atoms with Gasteiger partial charge in [-0.05, 0) is 49.9 Å². The molecule has 6 heteroatoms. The number of rotatable bonds is 4. The Bertz CT molecular complexity index is 771. The van der Waals surface area contributed by atoms with Crippen LogP contribution in [0.1, 0.15) is 44.0 Å². The number of hydrogen-bond donors (Lipinski definition) is 0. The van der Waals surface area contributed by atoms with Crippen LogP contribution < -0.4 is 0 Å². The SMILES string of the molecule is CCN1C(=O)[C@H]2CN(CC(C)C)C[C@H]2C12CCN(C(=O)c1ccc(Cl)cc1)CC2. The molecule has 5 nitrogen and oxygen atoms in total. The van der Waals surface area contributed by atoms with E-state index in [2.05, 4.69) is 30.6 Å². The zero-order valence-corrected chi connectivity index (χ0v) is 18.5. The molecule has 0 saturated carbocycles. The van der Waals surface area contributed by atoms with Crippen molar-refractivity contribution in [3.8, 4) is 0 Å². The fourth-order valence-electron chi connectivity index (χ4n) is 5.95. The summed E-state index contributed by atoms with van der Waals surface area (Å²) >= 11 is 5.96. The predicted octanol–water partition coefficient (Wildman–Crippen LogP) is 3.38. The van der Waals surface area contributed by atoms with E-state index in [9.17, 15) is 9.59 Å². The fraction of sp³-hybridized carbons (Fsp3) is 0.652. The largest absolute Gasteiger partial charge is 0.338 e. The topological polar surface area (TPSA) is 43.9 Å². The second kappa shape index (κ2) is 7.92. The quantitative estimate of drug-likeness (QED) is 0.754. The molecule has 158 valence electrons. The van der Waals surface area contributed by atoms with Crippen molar-refractivity contribution in [1.29, 1.82) is 0 Å². The second-order valence-corrected chi connectivity index (χ2v) is 9.75. The molecule has 0 unspecified atom stereocenters. The number of likely N-dealkylation sites (tertiary alicyclic amines) is 3. The zero-order chi connectivity index (χ0) is 20.8. The number of piperidine rings is 1. The van der Waals surface area contributed by atoms with Gasteiger partial charge in [0.1, 0.15) is 0 Å². The third-order valence-corrected chi connectivity index (χ3v) is 7.41. The van der Waals surface area contributed by atoms with Crippen molar-refractivity contribution in [2.75, 3.05) is 39.3 Å². The van der Waals surface area contributed by atoms with E-state index in [0.717, 1.165) is 39.0 Å². The van der Waals surface area contributed by atoms with Crippen molar-refractivity contribution < 1.29 is 9.59 Å². The van der Waals surface area contributed by atoms with Crippen LogP contribution in [0, 0.1) is 17.8 Å². The van der Waals surface area contributed by atoms with Gasteiger partial charge < -0.3 is 14.7 Å². The van der Waals surface area contributed by atoms with E-state index in [4.69, 9.17) is 11.6 Å². The average molecular weight is 418 g/mol. The Morgan fingerprint density at radius 2 is 1.83 bits per heavy atom. The molecule has 0 N–H and O–H groups in total. The van der Waals surface area contributed by atoms with Crippen molar-refractivity contribution in [1.82, 2.24) is 14.7 Å². The normalized spacial score (nSPS) is 26.6. The Kier molecular flexibility index (Phi) is 5.64. The number of amides is 2. The molecule has 0 radical (unpaired) electrons. The van der Waals surface area contributed by atoms with Crippen molar-refractivity contribution in [3.63, 3.8) is 0 Å². The number of benzene rings is 1. The van der Waals surface area contributed by atoms with Crippen LogP contribution in [0.15, 0.2) is 24.3 Å². The molecule has 2 amide bonds. The lowest BCUT2D eigenvalue weighted by Gasteiger charge is -2.48. The second-order valence-electron chi connectivity index (χ2n) is 9.31. The molecule has 0 aromatic heterocycles. The van der Waals surface area contributed by atoms with E-state index in [-0.39, 0.29) is 17.4 Å². The summed E-state index contributed by atoms with van der Waals surface area (Å²) in [6.07, 6.45) is 1.76. The maximum atomic E-state index is 13.2. The molecule has 1 aromatic rings.